The minimum Gasteiger partial charge on any atom is -0.382 e. The number of carbonyl (C=O) groups is 1. The van der Waals surface area contributed by atoms with Gasteiger partial charge in [0.05, 0.1) is 13.2 Å². The van der Waals surface area contributed by atoms with Crippen molar-refractivity contribution in [3.63, 3.8) is 0 Å². The van der Waals surface area contributed by atoms with Gasteiger partial charge in [-0.05, 0) is 24.6 Å². The highest BCUT2D eigenvalue weighted by atomic mass is 16.5. The normalized spacial score (nSPS) is 10.0. The van der Waals surface area contributed by atoms with Crippen LogP contribution in [0, 0.1) is 6.92 Å². The zero-order chi connectivity index (χ0) is 12.5. The molecule has 0 aliphatic heterocycles. The molecule has 0 aliphatic rings. The number of carbonyl (C=O) groups excluding carboxylic acids is 1. The van der Waals surface area contributed by atoms with E-state index in [4.69, 9.17) is 9.47 Å². The maximum atomic E-state index is 11.4. The van der Waals surface area contributed by atoms with E-state index in [1.807, 2.05) is 31.2 Å². The Morgan fingerprint density at radius 2 is 2.18 bits per heavy atom. The minimum atomic E-state index is -0.284. The molecule has 0 bridgehead atoms. The molecule has 2 amide bonds. The summed E-state index contributed by atoms with van der Waals surface area (Å²) >= 11 is 0. The Morgan fingerprint density at radius 1 is 1.35 bits per heavy atom. The van der Waals surface area contributed by atoms with E-state index in [9.17, 15) is 4.79 Å². The Morgan fingerprint density at radius 3 is 2.88 bits per heavy atom. The van der Waals surface area contributed by atoms with E-state index in [-0.39, 0.29) is 12.8 Å². The van der Waals surface area contributed by atoms with Crippen molar-refractivity contribution in [2.75, 3.05) is 32.4 Å². The predicted octanol–water partition coefficient (Wildman–Crippen LogP) is 1.74. The molecule has 17 heavy (non-hydrogen) atoms. The molecule has 0 unspecified atom stereocenters. The second-order valence-corrected chi connectivity index (χ2v) is 3.55. The summed E-state index contributed by atoms with van der Waals surface area (Å²) in [6.07, 6.45) is 0. The Kier molecular flexibility index (Phi) is 6.06. The van der Waals surface area contributed by atoms with E-state index in [1.54, 1.807) is 7.11 Å². The van der Waals surface area contributed by atoms with Crippen molar-refractivity contribution in [2.24, 2.45) is 0 Å². The summed E-state index contributed by atoms with van der Waals surface area (Å²) in [5, 5.41) is 5.29. The van der Waals surface area contributed by atoms with Crippen LogP contribution in [-0.2, 0) is 9.47 Å². The lowest BCUT2D eigenvalue weighted by Gasteiger charge is -2.08. The van der Waals surface area contributed by atoms with Crippen LogP contribution in [0.4, 0.5) is 10.5 Å². The van der Waals surface area contributed by atoms with Crippen molar-refractivity contribution >= 4 is 11.7 Å². The van der Waals surface area contributed by atoms with Gasteiger partial charge >= 0.3 is 6.03 Å². The summed E-state index contributed by atoms with van der Waals surface area (Å²) in [6, 6.07) is 7.30. The minimum absolute atomic E-state index is 0.168. The molecule has 1 rings (SSSR count). The highest BCUT2D eigenvalue weighted by Crippen LogP contribution is 2.08. The van der Waals surface area contributed by atoms with Crippen LogP contribution >= 0.6 is 0 Å². The number of hydrogen-bond acceptors (Lipinski definition) is 3. The van der Waals surface area contributed by atoms with Gasteiger partial charge in [-0.3, -0.25) is 0 Å². The summed E-state index contributed by atoms with van der Waals surface area (Å²) in [4.78, 5) is 11.4. The molecule has 1 aromatic rings. The fourth-order valence-corrected chi connectivity index (χ4v) is 1.23. The van der Waals surface area contributed by atoms with Gasteiger partial charge in [-0.1, -0.05) is 12.1 Å². The Balaban J connectivity index is 2.21. The van der Waals surface area contributed by atoms with Crippen LogP contribution in [0.3, 0.4) is 0 Å². The molecule has 5 nitrogen and oxygen atoms in total. The monoisotopic (exact) mass is 238 g/mol. The van der Waals surface area contributed by atoms with Gasteiger partial charge in [0.2, 0.25) is 0 Å². The van der Waals surface area contributed by atoms with Crippen LogP contribution in [-0.4, -0.2) is 33.1 Å². The summed E-state index contributed by atoms with van der Waals surface area (Å²) < 4.78 is 9.91. The van der Waals surface area contributed by atoms with Gasteiger partial charge < -0.3 is 20.1 Å². The van der Waals surface area contributed by atoms with Gasteiger partial charge in [-0.25, -0.2) is 4.79 Å². The quantitative estimate of drug-likeness (QED) is 0.586. The lowest BCUT2D eigenvalue weighted by Crippen LogP contribution is -2.31. The molecule has 0 fully saturated rings. The highest BCUT2D eigenvalue weighted by Gasteiger charge is 2.00. The molecule has 0 radical (unpaired) electrons. The maximum absolute atomic E-state index is 11.4. The van der Waals surface area contributed by atoms with Crippen LogP contribution in [0.2, 0.25) is 0 Å². The lowest BCUT2D eigenvalue weighted by atomic mass is 10.2. The molecule has 0 aromatic heterocycles. The smallest absolute Gasteiger partial charge is 0.321 e. The second kappa shape index (κ2) is 7.65. The molecule has 0 aliphatic carbocycles. The zero-order valence-corrected chi connectivity index (χ0v) is 10.2. The van der Waals surface area contributed by atoms with Crippen LogP contribution in [0.5, 0.6) is 0 Å². The highest BCUT2D eigenvalue weighted by molar-refractivity contribution is 5.89. The number of methoxy groups -OCH3 is 1. The number of aryl methyl sites for hydroxylation is 1. The SMILES string of the molecule is COCCOCNC(=O)Nc1cccc(C)c1. The lowest BCUT2D eigenvalue weighted by molar-refractivity contribution is 0.0650. The molecule has 5 heteroatoms. The van der Waals surface area contributed by atoms with E-state index < -0.39 is 0 Å². The number of benzene rings is 1. The van der Waals surface area contributed by atoms with Gasteiger partial charge in [-0.2, -0.15) is 0 Å². The first-order chi connectivity index (χ1) is 8.22. The first-order valence-electron chi connectivity index (χ1n) is 5.40. The Hall–Kier alpha value is -1.59. The number of hydrogen-bond donors (Lipinski definition) is 2. The van der Waals surface area contributed by atoms with Gasteiger partial charge in [0.1, 0.15) is 6.73 Å². The van der Waals surface area contributed by atoms with E-state index >= 15 is 0 Å². The zero-order valence-electron chi connectivity index (χ0n) is 10.2. The first-order valence-corrected chi connectivity index (χ1v) is 5.40. The summed E-state index contributed by atoms with van der Waals surface area (Å²) in [5.41, 5.74) is 1.86. The third kappa shape index (κ3) is 5.89. The molecule has 94 valence electrons. The fraction of sp³-hybridized carbons (Fsp3) is 0.417. The van der Waals surface area contributed by atoms with Crippen molar-refractivity contribution in [2.45, 2.75) is 6.92 Å². The molecule has 0 saturated carbocycles. The number of amides is 2. The number of anilines is 1. The summed E-state index contributed by atoms with van der Waals surface area (Å²) in [7, 11) is 1.60. The van der Waals surface area contributed by atoms with Gasteiger partial charge in [0.25, 0.3) is 0 Å². The van der Waals surface area contributed by atoms with Gasteiger partial charge in [0.15, 0.2) is 0 Å². The van der Waals surface area contributed by atoms with Crippen molar-refractivity contribution in [3.8, 4) is 0 Å². The third-order valence-corrected chi connectivity index (χ3v) is 2.04. The summed E-state index contributed by atoms with van der Waals surface area (Å²) in [6.45, 7) is 3.11. The molecule has 2 N–H and O–H groups in total. The van der Waals surface area contributed by atoms with Crippen molar-refractivity contribution in [1.82, 2.24) is 5.32 Å². The van der Waals surface area contributed by atoms with Crippen molar-refractivity contribution in [1.29, 1.82) is 0 Å². The van der Waals surface area contributed by atoms with E-state index in [0.717, 1.165) is 11.3 Å². The van der Waals surface area contributed by atoms with E-state index in [1.165, 1.54) is 0 Å². The second-order valence-electron chi connectivity index (χ2n) is 3.55. The molecule has 0 saturated heterocycles. The van der Waals surface area contributed by atoms with E-state index in [2.05, 4.69) is 10.6 Å². The number of urea groups is 1. The third-order valence-electron chi connectivity index (χ3n) is 2.04. The Bertz CT molecular complexity index is 355. The Labute approximate surface area is 101 Å². The van der Waals surface area contributed by atoms with Crippen LogP contribution in [0.25, 0.3) is 0 Å². The largest absolute Gasteiger partial charge is 0.382 e. The number of ether oxygens (including phenoxy) is 2. The van der Waals surface area contributed by atoms with Gasteiger partial charge in [0, 0.05) is 12.8 Å². The molecular formula is C12H18N2O3. The molecule has 0 atom stereocenters. The molecule has 0 heterocycles. The summed E-state index contributed by atoms with van der Waals surface area (Å²) in [5.74, 6) is 0. The fourth-order valence-electron chi connectivity index (χ4n) is 1.23. The first kappa shape index (κ1) is 13.5. The molecule has 0 spiro atoms. The van der Waals surface area contributed by atoms with Crippen LogP contribution < -0.4 is 10.6 Å². The maximum Gasteiger partial charge on any atom is 0.321 e. The van der Waals surface area contributed by atoms with E-state index in [0.29, 0.717) is 13.2 Å². The van der Waals surface area contributed by atoms with Crippen molar-refractivity contribution < 1.29 is 14.3 Å². The average Bonchev–Trinajstić information content (AvgIpc) is 2.29. The molecule has 1 aromatic carbocycles. The van der Waals surface area contributed by atoms with Crippen LogP contribution in [0.1, 0.15) is 5.56 Å². The van der Waals surface area contributed by atoms with Crippen LogP contribution in [0.15, 0.2) is 24.3 Å². The predicted molar refractivity (Wildman–Crippen MR) is 66.0 cm³/mol. The molecular weight excluding hydrogens is 220 g/mol. The number of nitrogens with one attached hydrogen (secondary N) is 2. The van der Waals surface area contributed by atoms with Gasteiger partial charge in [-0.15, -0.1) is 0 Å². The van der Waals surface area contributed by atoms with Crippen molar-refractivity contribution in [3.05, 3.63) is 29.8 Å². The number of rotatable bonds is 6. The topological polar surface area (TPSA) is 59.6 Å². The average molecular weight is 238 g/mol. The standard InChI is InChI=1S/C12H18N2O3/c1-10-4-3-5-11(8-10)14-12(15)13-9-17-7-6-16-2/h3-5,8H,6-7,9H2,1-2H3,(H2,13,14,15).